The number of rotatable bonds is 3. The minimum Gasteiger partial charge on any atom is -0.396 e. The first-order chi connectivity index (χ1) is 6.22. The van der Waals surface area contributed by atoms with Crippen molar-refractivity contribution in [1.82, 2.24) is 4.90 Å². The molecule has 0 radical (unpaired) electrons. The molecule has 2 N–H and O–H groups in total. The fraction of sp³-hybridized carbons (Fsp3) is 1.00. The maximum atomic E-state index is 9.33. The number of fused-ring (bicyclic) bond motifs is 2. The fourth-order valence-corrected chi connectivity index (χ4v) is 3.02. The molecule has 0 aliphatic carbocycles. The van der Waals surface area contributed by atoms with E-state index in [1.165, 1.54) is 12.8 Å². The van der Waals surface area contributed by atoms with Crippen molar-refractivity contribution >= 4 is 0 Å². The summed E-state index contributed by atoms with van der Waals surface area (Å²) in [5, 5.41) is 18.5. The second kappa shape index (κ2) is 3.56. The van der Waals surface area contributed by atoms with Gasteiger partial charge in [-0.1, -0.05) is 0 Å². The van der Waals surface area contributed by atoms with Crippen LogP contribution in [0.1, 0.15) is 26.2 Å². The van der Waals surface area contributed by atoms with Crippen molar-refractivity contribution in [3.63, 3.8) is 0 Å². The predicted molar refractivity (Wildman–Crippen MR) is 50.4 cm³/mol. The molecule has 0 aromatic rings. The highest BCUT2D eigenvalue weighted by molar-refractivity contribution is 5.00. The Morgan fingerprint density at radius 1 is 1.46 bits per heavy atom. The Morgan fingerprint density at radius 3 is 2.77 bits per heavy atom. The van der Waals surface area contributed by atoms with Crippen LogP contribution in [0.4, 0.5) is 0 Å². The molecule has 76 valence electrons. The fourth-order valence-electron chi connectivity index (χ4n) is 3.02. The number of aliphatic hydroxyl groups excluding tert-OH is 2. The van der Waals surface area contributed by atoms with Crippen LogP contribution >= 0.6 is 0 Å². The van der Waals surface area contributed by atoms with Gasteiger partial charge in [0.1, 0.15) is 0 Å². The largest absolute Gasteiger partial charge is 0.396 e. The van der Waals surface area contributed by atoms with E-state index in [0.29, 0.717) is 24.6 Å². The highest BCUT2D eigenvalue weighted by Gasteiger charge is 2.45. The molecule has 2 aliphatic rings. The molecule has 0 spiro atoms. The van der Waals surface area contributed by atoms with Crippen molar-refractivity contribution in [2.75, 3.05) is 13.2 Å². The van der Waals surface area contributed by atoms with E-state index in [1.807, 2.05) is 6.92 Å². The summed E-state index contributed by atoms with van der Waals surface area (Å²) in [7, 11) is 0. The van der Waals surface area contributed by atoms with Crippen LogP contribution in [-0.2, 0) is 0 Å². The minimum absolute atomic E-state index is 0.236. The molecule has 3 nitrogen and oxygen atoms in total. The summed E-state index contributed by atoms with van der Waals surface area (Å²) in [6.07, 6.45) is 3.37. The molecule has 2 aliphatic heterocycles. The first-order valence-electron chi connectivity index (χ1n) is 5.27. The predicted octanol–water partition coefficient (Wildman–Crippen LogP) is 0.212. The SMILES string of the molecule is CC(O)CN1C2CCC1C(CO)C2. The van der Waals surface area contributed by atoms with Crippen molar-refractivity contribution in [3.05, 3.63) is 0 Å². The second-order valence-corrected chi connectivity index (χ2v) is 4.52. The van der Waals surface area contributed by atoms with Crippen molar-refractivity contribution < 1.29 is 10.2 Å². The molecule has 4 atom stereocenters. The molecular formula is C10H19NO2. The maximum absolute atomic E-state index is 9.33. The van der Waals surface area contributed by atoms with Gasteiger partial charge in [-0.05, 0) is 32.1 Å². The van der Waals surface area contributed by atoms with Crippen LogP contribution in [-0.4, -0.2) is 46.5 Å². The van der Waals surface area contributed by atoms with Crippen LogP contribution in [0.2, 0.25) is 0 Å². The summed E-state index contributed by atoms with van der Waals surface area (Å²) in [6, 6.07) is 1.18. The van der Waals surface area contributed by atoms with Crippen molar-refractivity contribution in [2.24, 2.45) is 5.92 Å². The first-order valence-corrected chi connectivity index (χ1v) is 5.27. The van der Waals surface area contributed by atoms with E-state index in [2.05, 4.69) is 4.90 Å². The summed E-state index contributed by atoms with van der Waals surface area (Å²) < 4.78 is 0. The van der Waals surface area contributed by atoms with E-state index in [-0.39, 0.29) is 6.10 Å². The van der Waals surface area contributed by atoms with Gasteiger partial charge in [-0.15, -0.1) is 0 Å². The summed E-state index contributed by atoms with van der Waals surface area (Å²) in [5.41, 5.74) is 0. The van der Waals surface area contributed by atoms with Crippen molar-refractivity contribution in [3.8, 4) is 0 Å². The zero-order valence-electron chi connectivity index (χ0n) is 8.19. The molecule has 13 heavy (non-hydrogen) atoms. The third-order valence-electron chi connectivity index (χ3n) is 3.52. The molecule has 0 amide bonds. The molecule has 2 saturated heterocycles. The van der Waals surface area contributed by atoms with Gasteiger partial charge in [-0.25, -0.2) is 0 Å². The van der Waals surface area contributed by atoms with E-state index < -0.39 is 0 Å². The van der Waals surface area contributed by atoms with Gasteiger partial charge in [0.25, 0.3) is 0 Å². The Labute approximate surface area is 79.4 Å². The summed E-state index contributed by atoms with van der Waals surface area (Å²) in [4.78, 5) is 2.39. The molecule has 3 heteroatoms. The Morgan fingerprint density at radius 2 is 2.23 bits per heavy atom. The topological polar surface area (TPSA) is 43.7 Å². The van der Waals surface area contributed by atoms with Crippen LogP contribution in [0, 0.1) is 5.92 Å². The monoisotopic (exact) mass is 185 g/mol. The molecule has 0 aromatic heterocycles. The van der Waals surface area contributed by atoms with E-state index in [0.717, 1.165) is 13.0 Å². The Kier molecular flexibility index (Phi) is 2.58. The zero-order valence-corrected chi connectivity index (χ0v) is 8.19. The lowest BCUT2D eigenvalue weighted by Crippen LogP contribution is -2.36. The Hall–Kier alpha value is -0.120. The van der Waals surface area contributed by atoms with E-state index >= 15 is 0 Å². The second-order valence-electron chi connectivity index (χ2n) is 4.52. The smallest absolute Gasteiger partial charge is 0.0639 e. The third-order valence-corrected chi connectivity index (χ3v) is 3.52. The molecule has 2 fully saturated rings. The van der Waals surface area contributed by atoms with Gasteiger partial charge in [-0.3, -0.25) is 4.90 Å². The van der Waals surface area contributed by atoms with Crippen LogP contribution in [0.3, 0.4) is 0 Å². The van der Waals surface area contributed by atoms with Gasteiger partial charge in [0.05, 0.1) is 6.10 Å². The summed E-state index contributed by atoms with van der Waals surface area (Å²) in [5.74, 6) is 0.470. The lowest BCUT2D eigenvalue weighted by Gasteiger charge is -2.24. The Balaban J connectivity index is 1.98. The summed E-state index contributed by atoms with van der Waals surface area (Å²) in [6.45, 7) is 2.94. The molecule has 0 saturated carbocycles. The molecule has 2 heterocycles. The average Bonchev–Trinajstić information content (AvgIpc) is 2.61. The van der Waals surface area contributed by atoms with E-state index in [1.54, 1.807) is 0 Å². The lowest BCUT2D eigenvalue weighted by atomic mass is 9.90. The average molecular weight is 185 g/mol. The Bertz CT molecular complexity index is 184. The van der Waals surface area contributed by atoms with Gasteiger partial charge in [0.2, 0.25) is 0 Å². The molecular weight excluding hydrogens is 166 g/mol. The number of hydrogen-bond acceptors (Lipinski definition) is 3. The molecule has 2 bridgehead atoms. The third kappa shape index (κ3) is 1.60. The molecule has 2 rings (SSSR count). The van der Waals surface area contributed by atoms with Gasteiger partial charge in [0.15, 0.2) is 0 Å². The minimum atomic E-state index is -0.236. The lowest BCUT2D eigenvalue weighted by molar-refractivity contribution is 0.106. The van der Waals surface area contributed by atoms with Crippen molar-refractivity contribution in [1.29, 1.82) is 0 Å². The quantitative estimate of drug-likeness (QED) is 0.660. The van der Waals surface area contributed by atoms with Gasteiger partial charge >= 0.3 is 0 Å². The summed E-state index contributed by atoms with van der Waals surface area (Å²) >= 11 is 0. The molecule has 4 unspecified atom stereocenters. The first kappa shape index (κ1) is 9.44. The van der Waals surface area contributed by atoms with Crippen molar-refractivity contribution in [2.45, 2.75) is 44.4 Å². The van der Waals surface area contributed by atoms with E-state index in [4.69, 9.17) is 5.11 Å². The van der Waals surface area contributed by atoms with Crippen LogP contribution in [0.25, 0.3) is 0 Å². The molecule has 0 aromatic carbocycles. The number of aliphatic hydroxyl groups is 2. The van der Waals surface area contributed by atoms with Gasteiger partial charge in [0, 0.05) is 25.2 Å². The highest BCUT2D eigenvalue weighted by atomic mass is 16.3. The van der Waals surface area contributed by atoms with Gasteiger partial charge < -0.3 is 10.2 Å². The highest BCUT2D eigenvalue weighted by Crippen LogP contribution is 2.41. The van der Waals surface area contributed by atoms with Crippen LogP contribution < -0.4 is 0 Å². The number of nitrogens with zero attached hydrogens (tertiary/aromatic N) is 1. The normalized spacial score (nSPS) is 41.3. The van der Waals surface area contributed by atoms with Gasteiger partial charge in [-0.2, -0.15) is 0 Å². The zero-order chi connectivity index (χ0) is 9.42. The standard InChI is InChI=1S/C10H19NO2/c1-7(13)5-11-9-2-3-10(11)8(4-9)6-12/h7-10,12-13H,2-6H2,1H3. The van der Waals surface area contributed by atoms with Crippen LogP contribution in [0.15, 0.2) is 0 Å². The van der Waals surface area contributed by atoms with E-state index in [9.17, 15) is 5.11 Å². The van der Waals surface area contributed by atoms with Crippen LogP contribution in [0.5, 0.6) is 0 Å². The maximum Gasteiger partial charge on any atom is 0.0639 e. The number of hydrogen-bond donors (Lipinski definition) is 2.